The summed E-state index contributed by atoms with van der Waals surface area (Å²) in [6.45, 7) is 1.80. The molecule has 1 aromatic carbocycles. The number of non-ortho nitro benzene ring substituents is 1. The average molecular weight is 246 g/mol. The van der Waals surface area contributed by atoms with Crippen LogP contribution in [0.3, 0.4) is 0 Å². The number of hydrogen-bond donors (Lipinski definition) is 2. The van der Waals surface area contributed by atoms with Crippen LogP contribution in [0.2, 0.25) is 0 Å². The minimum Gasteiger partial charge on any atom is -0.325 e. The fourth-order valence-corrected chi connectivity index (χ4v) is 1.42. The number of H-pyrrole nitrogens is 1. The van der Waals surface area contributed by atoms with Crippen molar-refractivity contribution in [2.75, 3.05) is 5.32 Å². The Bertz CT molecular complexity index is 651. The molecule has 18 heavy (non-hydrogen) atoms. The lowest BCUT2D eigenvalue weighted by Crippen LogP contribution is -2.08. The predicted octanol–water partition coefficient (Wildman–Crippen LogP) is 1.73. The van der Waals surface area contributed by atoms with E-state index in [-0.39, 0.29) is 17.2 Å². The second kappa shape index (κ2) is 4.66. The number of aromatic amines is 1. The minimum atomic E-state index is -0.480. The van der Waals surface area contributed by atoms with E-state index in [4.69, 9.17) is 0 Å². The number of nitrogens with zero attached hydrogens (tertiary/aromatic N) is 2. The molecule has 1 aromatic heterocycles. The number of nitro benzene ring substituents is 1. The molecule has 0 saturated heterocycles. The number of nitrogens with one attached hydrogen (secondary N) is 2. The SMILES string of the molecule is Cc1ccc([N+](=O)[O-])cc1Nc1nccc(=O)[nH]1. The third-order valence-electron chi connectivity index (χ3n) is 2.36. The zero-order valence-electron chi connectivity index (χ0n) is 9.51. The third kappa shape index (κ3) is 2.51. The van der Waals surface area contributed by atoms with Crippen molar-refractivity contribution >= 4 is 17.3 Å². The maximum atomic E-state index is 11.1. The van der Waals surface area contributed by atoms with E-state index in [1.54, 1.807) is 13.0 Å². The second-order valence-corrected chi connectivity index (χ2v) is 3.66. The van der Waals surface area contributed by atoms with Crippen molar-refractivity contribution in [3.05, 3.63) is 56.5 Å². The summed E-state index contributed by atoms with van der Waals surface area (Å²) in [4.78, 5) is 27.7. The average Bonchev–Trinajstić information content (AvgIpc) is 2.31. The molecule has 0 amide bonds. The molecule has 0 saturated carbocycles. The number of rotatable bonds is 3. The van der Waals surface area contributed by atoms with Crippen molar-refractivity contribution in [2.45, 2.75) is 6.92 Å². The highest BCUT2D eigenvalue weighted by atomic mass is 16.6. The maximum Gasteiger partial charge on any atom is 0.271 e. The molecule has 0 unspecified atom stereocenters. The summed E-state index contributed by atoms with van der Waals surface area (Å²) < 4.78 is 0. The monoisotopic (exact) mass is 246 g/mol. The molecule has 0 atom stereocenters. The molecule has 0 radical (unpaired) electrons. The Morgan fingerprint density at radius 1 is 1.39 bits per heavy atom. The lowest BCUT2D eigenvalue weighted by Gasteiger charge is -2.07. The van der Waals surface area contributed by atoms with Gasteiger partial charge in [-0.3, -0.25) is 19.9 Å². The van der Waals surface area contributed by atoms with Gasteiger partial charge in [0.15, 0.2) is 0 Å². The third-order valence-corrected chi connectivity index (χ3v) is 2.36. The smallest absolute Gasteiger partial charge is 0.271 e. The highest BCUT2D eigenvalue weighted by Crippen LogP contribution is 2.23. The van der Waals surface area contributed by atoms with E-state index in [0.29, 0.717) is 5.69 Å². The first-order chi connectivity index (χ1) is 8.56. The van der Waals surface area contributed by atoms with Crippen LogP contribution in [-0.2, 0) is 0 Å². The molecule has 0 aliphatic carbocycles. The number of aromatic nitrogens is 2. The lowest BCUT2D eigenvalue weighted by molar-refractivity contribution is -0.384. The molecule has 0 aliphatic heterocycles. The summed E-state index contributed by atoms with van der Waals surface area (Å²) in [6, 6.07) is 5.72. The molecule has 92 valence electrons. The van der Waals surface area contributed by atoms with E-state index < -0.39 is 4.92 Å². The van der Waals surface area contributed by atoms with Crippen molar-refractivity contribution in [1.82, 2.24) is 9.97 Å². The van der Waals surface area contributed by atoms with E-state index in [2.05, 4.69) is 15.3 Å². The number of anilines is 2. The van der Waals surface area contributed by atoms with Gasteiger partial charge in [0.1, 0.15) is 0 Å². The molecule has 0 fully saturated rings. The second-order valence-electron chi connectivity index (χ2n) is 3.66. The van der Waals surface area contributed by atoms with E-state index in [9.17, 15) is 14.9 Å². The van der Waals surface area contributed by atoms with Crippen LogP contribution < -0.4 is 10.9 Å². The first-order valence-corrected chi connectivity index (χ1v) is 5.13. The largest absolute Gasteiger partial charge is 0.325 e. The summed E-state index contributed by atoms with van der Waals surface area (Å²) in [6.07, 6.45) is 1.36. The van der Waals surface area contributed by atoms with Crippen LogP contribution in [0.15, 0.2) is 35.3 Å². The fraction of sp³-hybridized carbons (Fsp3) is 0.0909. The lowest BCUT2D eigenvalue weighted by atomic mass is 10.2. The van der Waals surface area contributed by atoms with Gasteiger partial charge >= 0.3 is 0 Å². The summed E-state index contributed by atoms with van der Waals surface area (Å²) in [5, 5.41) is 13.5. The van der Waals surface area contributed by atoms with Crippen molar-refractivity contribution < 1.29 is 4.92 Å². The highest BCUT2D eigenvalue weighted by molar-refractivity contribution is 5.62. The van der Waals surface area contributed by atoms with Gasteiger partial charge in [0.25, 0.3) is 11.2 Å². The van der Waals surface area contributed by atoms with Gasteiger partial charge in [-0.25, -0.2) is 4.98 Å². The van der Waals surface area contributed by atoms with Gasteiger partial charge in [-0.15, -0.1) is 0 Å². The first kappa shape index (κ1) is 11.8. The Morgan fingerprint density at radius 3 is 2.83 bits per heavy atom. The number of aryl methyl sites for hydroxylation is 1. The quantitative estimate of drug-likeness (QED) is 0.634. The van der Waals surface area contributed by atoms with Gasteiger partial charge in [0, 0.05) is 24.4 Å². The molecule has 7 nitrogen and oxygen atoms in total. The fourth-order valence-electron chi connectivity index (χ4n) is 1.42. The Labute approximate surface area is 102 Å². The molecule has 1 heterocycles. The van der Waals surface area contributed by atoms with E-state index in [1.165, 1.54) is 24.4 Å². The summed E-state index contributed by atoms with van der Waals surface area (Å²) >= 11 is 0. The van der Waals surface area contributed by atoms with Gasteiger partial charge < -0.3 is 5.32 Å². The summed E-state index contributed by atoms with van der Waals surface area (Å²) in [5.74, 6) is 0.242. The van der Waals surface area contributed by atoms with Gasteiger partial charge in [0.05, 0.1) is 10.6 Å². The van der Waals surface area contributed by atoms with Gasteiger partial charge in [-0.2, -0.15) is 0 Å². The standard InChI is InChI=1S/C11H10N4O3/c1-7-2-3-8(15(17)18)6-9(7)13-11-12-5-4-10(16)14-11/h2-6H,1H3,(H2,12,13,14,16). The van der Waals surface area contributed by atoms with Crippen LogP contribution in [0.5, 0.6) is 0 Å². The van der Waals surface area contributed by atoms with Crippen LogP contribution in [0, 0.1) is 17.0 Å². The zero-order chi connectivity index (χ0) is 13.1. The normalized spacial score (nSPS) is 10.1. The Balaban J connectivity index is 2.36. The predicted molar refractivity (Wildman–Crippen MR) is 66.0 cm³/mol. The van der Waals surface area contributed by atoms with Crippen molar-refractivity contribution in [3.63, 3.8) is 0 Å². The van der Waals surface area contributed by atoms with Gasteiger partial charge in [-0.05, 0) is 12.5 Å². The molecule has 2 rings (SSSR count). The molecular formula is C11H10N4O3. The first-order valence-electron chi connectivity index (χ1n) is 5.13. The van der Waals surface area contributed by atoms with Crippen LogP contribution in [0.1, 0.15) is 5.56 Å². The van der Waals surface area contributed by atoms with Crippen LogP contribution in [-0.4, -0.2) is 14.9 Å². The number of hydrogen-bond acceptors (Lipinski definition) is 5. The van der Waals surface area contributed by atoms with Gasteiger partial charge in [0.2, 0.25) is 5.95 Å². The maximum absolute atomic E-state index is 11.1. The van der Waals surface area contributed by atoms with E-state index in [1.807, 2.05) is 0 Å². The highest BCUT2D eigenvalue weighted by Gasteiger charge is 2.09. The Kier molecular flexibility index (Phi) is 3.05. The van der Waals surface area contributed by atoms with Crippen molar-refractivity contribution in [1.29, 1.82) is 0 Å². The van der Waals surface area contributed by atoms with Crippen molar-refractivity contribution in [3.8, 4) is 0 Å². The summed E-state index contributed by atoms with van der Waals surface area (Å²) in [7, 11) is 0. The van der Waals surface area contributed by atoms with Crippen LogP contribution >= 0.6 is 0 Å². The molecule has 0 aliphatic rings. The summed E-state index contributed by atoms with van der Waals surface area (Å²) in [5.41, 5.74) is 1.02. The topological polar surface area (TPSA) is 101 Å². The molecule has 7 heteroatoms. The van der Waals surface area contributed by atoms with Gasteiger partial charge in [-0.1, -0.05) is 6.07 Å². The Morgan fingerprint density at radius 2 is 2.17 bits per heavy atom. The number of benzene rings is 1. The Hall–Kier alpha value is -2.70. The number of nitro groups is 1. The molecule has 2 aromatic rings. The zero-order valence-corrected chi connectivity index (χ0v) is 9.51. The van der Waals surface area contributed by atoms with Crippen LogP contribution in [0.25, 0.3) is 0 Å². The minimum absolute atomic E-state index is 0.0265. The molecule has 2 N–H and O–H groups in total. The molecule has 0 bridgehead atoms. The molecular weight excluding hydrogens is 236 g/mol. The van der Waals surface area contributed by atoms with E-state index in [0.717, 1.165) is 5.56 Å². The van der Waals surface area contributed by atoms with Crippen LogP contribution in [0.4, 0.5) is 17.3 Å². The molecule has 0 spiro atoms. The van der Waals surface area contributed by atoms with Crippen molar-refractivity contribution in [2.24, 2.45) is 0 Å². The van der Waals surface area contributed by atoms with E-state index >= 15 is 0 Å².